The first-order valence-corrected chi connectivity index (χ1v) is 9.45. The highest BCUT2D eigenvalue weighted by atomic mass is 16.2. The molecule has 1 aliphatic rings. The van der Waals surface area contributed by atoms with Gasteiger partial charge in [-0.1, -0.05) is 31.5 Å². The van der Waals surface area contributed by atoms with Gasteiger partial charge in [0.05, 0.1) is 5.56 Å². The number of rotatable bonds is 6. The van der Waals surface area contributed by atoms with Crippen LogP contribution >= 0.6 is 0 Å². The molecule has 0 bridgehead atoms. The summed E-state index contributed by atoms with van der Waals surface area (Å²) in [5.74, 6) is 0.997. The van der Waals surface area contributed by atoms with Crippen LogP contribution in [0.4, 0.5) is 11.5 Å². The number of amides is 1. The number of pyridine rings is 1. The van der Waals surface area contributed by atoms with Crippen molar-refractivity contribution < 1.29 is 4.79 Å². The number of benzene rings is 1. The highest BCUT2D eigenvalue weighted by molar-refractivity contribution is 5.93. The smallest absolute Gasteiger partial charge is 0.255 e. The van der Waals surface area contributed by atoms with E-state index in [9.17, 15) is 4.79 Å². The molecule has 1 aromatic carbocycles. The van der Waals surface area contributed by atoms with Crippen molar-refractivity contribution in [3.8, 4) is 0 Å². The maximum Gasteiger partial charge on any atom is 0.255 e. The largest absolute Gasteiger partial charge is 0.368 e. The lowest BCUT2D eigenvalue weighted by atomic mass is 10.2. The van der Waals surface area contributed by atoms with Crippen LogP contribution in [0.25, 0.3) is 0 Å². The van der Waals surface area contributed by atoms with E-state index in [1.165, 1.54) is 5.69 Å². The van der Waals surface area contributed by atoms with E-state index < -0.39 is 0 Å². The Labute approximate surface area is 156 Å². The molecule has 0 aliphatic carbocycles. The van der Waals surface area contributed by atoms with E-state index in [0.29, 0.717) is 5.56 Å². The zero-order chi connectivity index (χ0) is 18.4. The maximum atomic E-state index is 12.4. The monoisotopic (exact) mass is 352 g/mol. The Hall–Kier alpha value is -2.56. The number of hydrogen-bond donors (Lipinski definition) is 0. The van der Waals surface area contributed by atoms with Gasteiger partial charge in [-0.15, -0.1) is 0 Å². The van der Waals surface area contributed by atoms with Crippen LogP contribution in [0.2, 0.25) is 0 Å². The molecule has 0 atom stereocenters. The summed E-state index contributed by atoms with van der Waals surface area (Å²) in [6.07, 6.45) is 3.83. The molecule has 138 valence electrons. The molecule has 0 unspecified atom stereocenters. The minimum absolute atomic E-state index is 0.0476. The summed E-state index contributed by atoms with van der Waals surface area (Å²) in [7, 11) is 1.86. The number of carbonyl (C=O) groups is 1. The molecule has 1 aliphatic heterocycles. The van der Waals surface area contributed by atoms with Gasteiger partial charge in [-0.25, -0.2) is 4.98 Å². The predicted molar refractivity (Wildman–Crippen MR) is 107 cm³/mol. The van der Waals surface area contributed by atoms with Crippen molar-refractivity contribution in [2.75, 3.05) is 49.6 Å². The normalized spacial score (nSPS) is 14.4. The zero-order valence-electron chi connectivity index (χ0n) is 15.8. The van der Waals surface area contributed by atoms with Crippen molar-refractivity contribution in [3.05, 3.63) is 54.2 Å². The van der Waals surface area contributed by atoms with Gasteiger partial charge in [0.15, 0.2) is 0 Å². The van der Waals surface area contributed by atoms with Crippen LogP contribution in [-0.2, 0) is 0 Å². The molecule has 1 amide bonds. The molecule has 5 nitrogen and oxygen atoms in total. The van der Waals surface area contributed by atoms with Crippen LogP contribution < -0.4 is 9.80 Å². The molecule has 5 heteroatoms. The Balaban J connectivity index is 1.57. The summed E-state index contributed by atoms with van der Waals surface area (Å²) in [5, 5.41) is 0. The molecule has 1 saturated heterocycles. The van der Waals surface area contributed by atoms with Crippen molar-refractivity contribution in [2.24, 2.45) is 0 Å². The predicted octanol–water partition coefficient (Wildman–Crippen LogP) is 3.28. The maximum absolute atomic E-state index is 12.4. The molecule has 26 heavy (non-hydrogen) atoms. The van der Waals surface area contributed by atoms with Crippen molar-refractivity contribution in [1.29, 1.82) is 0 Å². The van der Waals surface area contributed by atoms with Crippen LogP contribution in [0, 0.1) is 0 Å². The van der Waals surface area contributed by atoms with Gasteiger partial charge in [0.25, 0.3) is 5.91 Å². The van der Waals surface area contributed by atoms with Crippen LogP contribution in [0.15, 0.2) is 48.7 Å². The molecule has 1 fully saturated rings. The number of nitrogens with zero attached hydrogens (tertiary/aromatic N) is 4. The molecule has 0 radical (unpaired) electrons. The Kier molecular flexibility index (Phi) is 6.10. The minimum Gasteiger partial charge on any atom is -0.368 e. The lowest BCUT2D eigenvalue weighted by Crippen LogP contribution is -2.46. The lowest BCUT2D eigenvalue weighted by molar-refractivity contribution is 0.0793. The summed E-state index contributed by atoms with van der Waals surface area (Å²) < 4.78 is 0. The van der Waals surface area contributed by atoms with E-state index in [1.54, 1.807) is 11.1 Å². The first-order chi connectivity index (χ1) is 12.7. The summed E-state index contributed by atoms with van der Waals surface area (Å²) in [6.45, 7) is 6.75. The summed E-state index contributed by atoms with van der Waals surface area (Å²) >= 11 is 0. The number of hydrogen-bond acceptors (Lipinski definition) is 4. The molecule has 0 spiro atoms. The number of piperazine rings is 1. The van der Waals surface area contributed by atoms with E-state index in [-0.39, 0.29) is 5.91 Å². The highest BCUT2D eigenvalue weighted by Crippen LogP contribution is 2.19. The fraction of sp³-hybridized carbons (Fsp3) is 0.429. The van der Waals surface area contributed by atoms with Crippen LogP contribution in [0.1, 0.15) is 30.1 Å². The van der Waals surface area contributed by atoms with Crippen LogP contribution in [0.5, 0.6) is 0 Å². The van der Waals surface area contributed by atoms with E-state index in [0.717, 1.165) is 51.4 Å². The van der Waals surface area contributed by atoms with Gasteiger partial charge >= 0.3 is 0 Å². The number of anilines is 2. The second-order valence-corrected chi connectivity index (χ2v) is 6.79. The van der Waals surface area contributed by atoms with E-state index >= 15 is 0 Å². The number of aromatic nitrogens is 1. The van der Waals surface area contributed by atoms with E-state index in [4.69, 9.17) is 0 Å². The van der Waals surface area contributed by atoms with Crippen LogP contribution in [-0.4, -0.2) is 55.6 Å². The third-order valence-corrected chi connectivity index (χ3v) is 4.91. The molecular weight excluding hydrogens is 324 g/mol. The second kappa shape index (κ2) is 8.70. The molecule has 2 aromatic rings. The minimum atomic E-state index is 0.0476. The fourth-order valence-corrected chi connectivity index (χ4v) is 3.25. The molecule has 0 saturated carbocycles. The lowest BCUT2D eigenvalue weighted by Gasteiger charge is -2.36. The third kappa shape index (κ3) is 4.34. The first-order valence-electron chi connectivity index (χ1n) is 9.45. The molecular formula is C21H28N4O. The SMILES string of the molecule is CCCCN(C)C(=O)c1ccc(N2CCN(c3ccccc3)CC2)nc1. The number of para-hydroxylation sites is 1. The third-order valence-electron chi connectivity index (χ3n) is 4.91. The number of carbonyl (C=O) groups excluding carboxylic acids is 1. The van der Waals surface area contributed by atoms with Crippen LogP contribution in [0.3, 0.4) is 0 Å². The second-order valence-electron chi connectivity index (χ2n) is 6.79. The molecule has 2 heterocycles. The van der Waals surface area contributed by atoms with Gasteiger partial charge in [0.1, 0.15) is 5.82 Å². The Morgan fingerprint density at radius 3 is 2.35 bits per heavy atom. The summed E-state index contributed by atoms with van der Waals surface area (Å²) in [5.41, 5.74) is 1.94. The molecule has 3 rings (SSSR count). The Bertz CT molecular complexity index is 694. The molecule has 1 aromatic heterocycles. The standard InChI is InChI=1S/C21H28N4O/c1-3-4-12-23(2)21(26)18-10-11-20(22-17-18)25-15-13-24(14-16-25)19-8-6-5-7-9-19/h5-11,17H,3-4,12-16H2,1-2H3. The van der Waals surface area contributed by atoms with Gasteiger partial charge in [0.2, 0.25) is 0 Å². The van der Waals surface area contributed by atoms with Crippen molar-refractivity contribution in [3.63, 3.8) is 0 Å². The summed E-state index contributed by atoms with van der Waals surface area (Å²) in [6, 6.07) is 14.4. The van der Waals surface area contributed by atoms with Gasteiger partial charge in [-0.2, -0.15) is 0 Å². The van der Waals surface area contributed by atoms with Crippen molar-refractivity contribution in [1.82, 2.24) is 9.88 Å². The summed E-state index contributed by atoms with van der Waals surface area (Å²) in [4.78, 5) is 23.4. The quantitative estimate of drug-likeness (QED) is 0.800. The Morgan fingerprint density at radius 2 is 1.73 bits per heavy atom. The van der Waals surface area contributed by atoms with Gasteiger partial charge in [0, 0.05) is 51.7 Å². The van der Waals surface area contributed by atoms with Crippen molar-refractivity contribution >= 4 is 17.4 Å². The van der Waals surface area contributed by atoms with E-state index in [2.05, 4.69) is 46.0 Å². The zero-order valence-corrected chi connectivity index (χ0v) is 15.8. The number of unbranched alkanes of at least 4 members (excludes halogenated alkanes) is 1. The first kappa shape index (κ1) is 18.2. The molecule has 0 N–H and O–H groups in total. The average molecular weight is 352 g/mol. The average Bonchev–Trinajstić information content (AvgIpc) is 2.72. The van der Waals surface area contributed by atoms with Gasteiger partial charge in [-0.3, -0.25) is 4.79 Å². The highest BCUT2D eigenvalue weighted by Gasteiger charge is 2.19. The Morgan fingerprint density at radius 1 is 1.04 bits per heavy atom. The van der Waals surface area contributed by atoms with Crippen molar-refractivity contribution in [2.45, 2.75) is 19.8 Å². The van der Waals surface area contributed by atoms with Gasteiger partial charge in [-0.05, 0) is 30.7 Å². The van der Waals surface area contributed by atoms with Gasteiger partial charge < -0.3 is 14.7 Å². The fourth-order valence-electron chi connectivity index (χ4n) is 3.25. The van der Waals surface area contributed by atoms with E-state index in [1.807, 2.05) is 25.2 Å². The topological polar surface area (TPSA) is 39.7 Å².